The fourth-order valence-electron chi connectivity index (χ4n) is 4.20. The molecule has 1 amide bonds. The van der Waals surface area contributed by atoms with Gasteiger partial charge in [-0.05, 0) is 62.7 Å². The first-order valence-corrected chi connectivity index (χ1v) is 12.9. The van der Waals surface area contributed by atoms with E-state index in [1.807, 2.05) is 31.2 Å². The van der Waals surface area contributed by atoms with Gasteiger partial charge in [-0.25, -0.2) is 8.42 Å². The summed E-state index contributed by atoms with van der Waals surface area (Å²) in [5, 5.41) is 3.57. The Morgan fingerprint density at radius 1 is 0.941 bits per heavy atom. The minimum atomic E-state index is -3.72. The first-order valence-electron chi connectivity index (χ1n) is 11.4. The molecule has 1 aromatic heterocycles. The van der Waals surface area contributed by atoms with Crippen LogP contribution in [0.4, 0.5) is 11.4 Å². The molecule has 7 heteroatoms. The summed E-state index contributed by atoms with van der Waals surface area (Å²) < 4.78 is 28.3. The minimum Gasteiger partial charge on any atom is -0.372 e. The van der Waals surface area contributed by atoms with Gasteiger partial charge in [0, 0.05) is 41.6 Å². The van der Waals surface area contributed by atoms with Gasteiger partial charge in [0.05, 0.1) is 9.79 Å². The van der Waals surface area contributed by atoms with Crippen molar-refractivity contribution in [2.75, 3.05) is 23.3 Å². The van der Waals surface area contributed by atoms with Gasteiger partial charge >= 0.3 is 0 Å². The Kier molecular flexibility index (Phi) is 6.75. The molecule has 176 valence electrons. The van der Waals surface area contributed by atoms with Gasteiger partial charge in [0.15, 0.2) is 0 Å². The summed E-state index contributed by atoms with van der Waals surface area (Å²) in [6.45, 7) is 8.03. The number of aryl methyl sites for hydroxylation is 1. The Morgan fingerprint density at radius 2 is 1.62 bits per heavy atom. The lowest BCUT2D eigenvalue weighted by atomic mass is 10.1. The van der Waals surface area contributed by atoms with Gasteiger partial charge in [-0.2, -0.15) is 0 Å². The van der Waals surface area contributed by atoms with Gasteiger partial charge < -0.3 is 14.8 Å². The average molecular weight is 476 g/mol. The van der Waals surface area contributed by atoms with Crippen molar-refractivity contribution in [2.45, 2.75) is 37.1 Å². The molecule has 3 aromatic carbocycles. The lowest BCUT2D eigenvalue weighted by molar-refractivity contribution is -0.116. The molecule has 0 radical (unpaired) electrons. The van der Waals surface area contributed by atoms with Gasteiger partial charge in [0.2, 0.25) is 15.7 Å². The lowest BCUT2D eigenvalue weighted by Crippen LogP contribution is -2.22. The van der Waals surface area contributed by atoms with Crippen molar-refractivity contribution in [2.24, 2.45) is 0 Å². The summed E-state index contributed by atoms with van der Waals surface area (Å²) in [7, 11) is -3.72. The maximum absolute atomic E-state index is 13.3. The quantitative estimate of drug-likeness (QED) is 0.377. The van der Waals surface area contributed by atoms with E-state index < -0.39 is 9.84 Å². The van der Waals surface area contributed by atoms with Crippen LogP contribution >= 0.6 is 0 Å². The number of anilines is 2. The van der Waals surface area contributed by atoms with E-state index in [2.05, 4.69) is 30.1 Å². The Hall–Kier alpha value is -3.58. The van der Waals surface area contributed by atoms with Crippen LogP contribution in [0.2, 0.25) is 0 Å². The summed E-state index contributed by atoms with van der Waals surface area (Å²) in [4.78, 5) is 15.6. The molecular formula is C27H29N3O3S. The molecule has 4 rings (SSSR count). The zero-order chi connectivity index (χ0) is 24.3. The van der Waals surface area contributed by atoms with Crippen LogP contribution in [0.15, 0.2) is 88.8 Å². The number of amides is 1. The topological polar surface area (TPSA) is 71.4 Å². The molecule has 0 saturated carbocycles. The van der Waals surface area contributed by atoms with Crippen LogP contribution in [0.25, 0.3) is 10.9 Å². The van der Waals surface area contributed by atoms with E-state index in [0.717, 1.165) is 30.0 Å². The molecule has 4 aromatic rings. The first-order chi connectivity index (χ1) is 16.3. The zero-order valence-electron chi connectivity index (χ0n) is 19.7. The Labute approximate surface area is 200 Å². The third kappa shape index (κ3) is 4.56. The predicted octanol–water partition coefficient (Wildman–Crippen LogP) is 5.27. The number of rotatable bonds is 8. The highest BCUT2D eigenvalue weighted by Gasteiger charge is 2.23. The lowest BCUT2D eigenvalue weighted by Gasteiger charge is -2.22. The molecule has 0 unspecified atom stereocenters. The number of nitrogens with one attached hydrogen (secondary N) is 1. The first kappa shape index (κ1) is 23.6. The number of carbonyl (C=O) groups is 1. The van der Waals surface area contributed by atoms with E-state index in [0.29, 0.717) is 10.9 Å². The molecule has 0 aliphatic carbocycles. The summed E-state index contributed by atoms with van der Waals surface area (Å²) in [6, 6.07) is 21.6. The van der Waals surface area contributed by atoms with Crippen LogP contribution in [0.1, 0.15) is 19.4 Å². The van der Waals surface area contributed by atoms with Crippen LogP contribution in [0.3, 0.4) is 0 Å². The fourth-order valence-corrected chi connectivity index (χ4v) is 5.70. The van der Waals surface area contributed by atoms with E-state index in [-0.39, 0.29) is 22.2 Å². The van der Waals surface area contributed by atoms with Crippen molar-refractivity contribution in [3.8, 4) is 0 Å². The molecule has 0 atom stereocenters. The van der Waals surface area contributed by atoms with Crippen LogP contribution in [0, 0.1) is 6.92 Å². The predicted molar refractivity (Wildman–Crippen MR) is 137 cm³/mol. The molecular weight excluding hydrogens is 446 g/mol. The van der Waals surface area contributed by atoms with Gasteiger partial charge in [0.1, 0.15) is 6.54 Å². The van der Waals surface area contributed by atoms with Crippen LogP contribution in [0.5, 0.6) is 0 Å². The second-order valence-corrected chi connectivity index (χ2v) is 10.1. The summed E-state index contributed by atoms with van der Waals surface area (Å²) >= 11 is 0. The molecule has 0 aliphatic rings. The number of hydrogen-bond acceptors (Lipinski definition) is 4. The molecule has 0 bridgehead atoms. The van der Waals surface area contributed by atoms with Gasteiger partial charge in [0.25, 0.3) is 0 Å². The van der Waals surface area contributed by atoms with Crippen molar-refractivity contribution in [3.63, 3.8) is 0 Å². The van der Waals surface area contributed by atoms with Crippen molar-refractivity contribution < 1.29 is 13.2 Å². The van der Waals surface area contributed by atoms with Crippen LogP contribution in [-0.2, 0) is 21.2 Å². The van der Waals surface area contributed by atoms with E-state index in [9.17, 15) is 13.2 Å². The minimum absolute atomic E-state index is 0.00204. The molecule has 0 fully saturated rings. The number of nitrogens with zero attached hydrogens (tertiary/aromatic N) is 2. The maximum Gasteiger partial charge on any atom is 0.244 e. The Morgan fingerprint density at radius 3 is 2.29 bits per heavy atom. The zero-order valence-corrected chi connectivity index (χ0v) is 20.5. The largest absolute Gasteiger partial charge is 0.372 e. The third-order valence-electron chi connectivity index (χ3n) is 6.02. The highest BCUT2D eigenvalue weighted by molar-refractivity contribution is 7.91. The monoisotopic (exact) mass is 475 g/mol. The molecule has 0 aliphatic heterocycles. The molecule has 34 heavy (non-hydrogen) atoms. The van der Waals surface area contributed by atoms with E-state index in [1.54, 1.807) is 53.2 Å². The van der Waals surface area contributed by atoms with Crippen LogP contribution in [-0.4, -0.2) is 32.0 Å². The second kappa shape index (κ2) is 9.73. The Balaban J connectivity index is 1.62. The summed E-state index contributed by atoms with van der Waals surface area (Å²) in [5.74, 6) is -0.219. The average Bonchev–Trinajstić information content (AvgIpc) is 3.21. The number of fused-ring (bicyclic) bond motifs is 1. The van der Waals surface area contributed by atoms with Crippen molar-refractivity contribution in [1.82, 2.24) is 4.57 Å². The molecule has 1 heterocycles. The van der Waals surface area contributed by atoms with E-state index >= 15 is 0 Å². The summed E-state index contributed by atoms with van der Waals surface area (Å²) in [6.07, 6.45) is 1.56. The highest BCUT2D eigenvalue weighted by atomic mass is 32.2. The Bertz CT molecular complexity index is 1420. The smallest absolute Gasteiger partial charge is 0.244 e. The van der Waals surface area contributed by atoms with Gasteiger partial charge in [-0.1, -0.05) is 36.4 Å². The van der Waals surface area contributed by atoms with Crippen molar-refractivity contribution >= 4 is 38.0 Å². The van der Waals surface area contributed by atoms with E-state index in [1.165, 1.54) is 0 Å². The number of hydrogen-bond donors (Lipinski definition) is 1. The highest BCUT2D eigenvalue weighted by Crippen LogP contribution is 2.30. The number of benzene rings is 3. The van der Waals surface area contributed by atoms with Gasteiger partial charge in [-0.15, -0.1) is 0 Å². The fraction of sp³-hybridized carbons (Fsp3) is 0.222. The van der Waals surface area contributed by atoms with E-state index in [4.69, 9.17) is 0 Å². The normalized spacial score (nSPS) is 11.5. The number of aromatic nitrogens is 1. The number of sulfone groups is 1. The third-order valence-corrected chi connectivity index (χ3v) is 7.82. The molecule has 0 spiro atoms. The molecule has 6 nitrogen and oxygen atoms in total. The summed E-state index contributed by atoms with van der Waals surface area (Å²) in [5.41, 5.74) is 3.53. The standard InChI is InChI=1S/C27H29N3O3S/c1-4-29(5-2)21-15-16-24(20(3)17-21)28-27(31)19-30-18-26(23-13-9-10-14-25(23)30)34(32,33)22-11-7-6-8-12-22/h6-18H,4-5,19H2,1-3H3,(H,28,31). The second-order valence-electron chi connectivity index (χ2n) is 8.17. The van der Waals surface area contributed by atoms with Crippen molar-refractivity contribution in [3.05, 3.63) is 84.6 Å². The SMILES string of the molecule is CCN(CC)c1ccc(NC(=O)Cn2cc(S(=O)(=O)c3ccccc3)c3ccccc32)c(C)c1. The molecule has 1 N–H and O–H groups in total. The van der Waals surface area contributed by atoms with Gasteiger partial charge in [-0.3, -0.25) is 4.79 Å². The maximum atomic E-state index is 13.3. The van der Waals surface area contributed by atoms with Crippen molar-refractivity contribution in [1.29, 1.82) is 0 Å². The molecule has 0 saturated heterocycles. The van der Waals surface area contributed by atoms with Crippen LogP contribution < -0.4 is 10.2 Å². The number of carbonyl (C=O) groups excluding carboxylic acids is 1. The number of para-hydroxylation sites is 1.